The number of rotatable bonds is 11. The van der Waals surface area contributed by atoms with Crippen LogP contribution in [0.5, 0.6) is 0 Å². The van der Waals surface area contributed by atoms with E-state index in [2.05, 4.69) is 43.0 Å². The molecule has 0 spiro atoms. The number of benzene rings is 1. The van der Waals surface area contributed by atoms with Crippen molar-refractivity contribution in [2.45, 2.75) is 56.9 Å². The third-order valence-corrected chi connectivity index (χ3v) is 6.52. The topological polar surface area (TPSA) is 122 Å². The largest absolute Gasteiger partial charge is 0.367 e. The van der Waals surface area contributed by atoms with Crippen LogP contribution in [0.4, 0.5) is 5.95 Å². The van der Waals surface area contributed by atoms with Crippen LogP contribution in [0, 0.1) is 0 Å². The first-order valence-corrected chi connectivity index (χ1v) is 12.5. The number of nitrogens with zero attached hydrogens (tertiary/aromatic N) is 2. The molecule has 0 unspecified atom stereocenters. The van der Waals surface area contributed by atoms with Gasteiger partial charge >= 0.3 is 0 Å². The fraction of sp³-hybridized carbons (Fsp3) is 0.500. The Labute approximate surface area is 210 Å². The van der Waals surface area contributed by atoms with E-state index in [0.717, 1.165) is 11.9 Å². The van der Waals surface area contributed by atoms with Crippen LogP contribution in [-0.2, 0) is 25.4 Å². The second-order valence-corrected chi connectivity index (χ2v) is 9.64. The molecule has 10 nitrogen and oxygen atoms in total. The minimum Gasteiger partial charge on any atom is -0.367 e. The lowest BCUT2D eigenvalue weighted by Crippen LogP contribution is -2.39. The average molecular weight is 495 g/mol. The van der Waals surface area contributed by atoms with Gasteiger partial charge < -0.3 is 35.1 Å². The Balaban J connectivity index is 1.08. The fourth-order valence-electron chi connectivity index (χ4n) is 4.93. The molecule has 192 valence electrons. The quantitative estimate of drug-likeness (QED) is 0.299. The summed E-state index contributed by atoms with van der Waals surface area (Å²) >= 11 is 0. The second kappa shape index (κ2) is 10.9. The number of carbonyl (C=O) groups excluding carboxylic acids is 1. The number of H-pyrrole nitrogens is 1. The lowest BCUT2D eigenvalue weighted by molar-refractivity contribution is -0.187. The van der Waals surface area contributed by atoms with Crippen molar-refractivity contribution < 1.29 is 19.0 Å². The summed E-state index contributed by atoms with van der Waals surface area (Å²) in [5, 5.41) is 10.8. The number of fused-ring (bicyclic) bond motifs is 2. The van der Waals surface area contributed by atoms with E-state index in [0.29, 0.717) is 32.1 Å². The van der Waals surface area contributed by atoms with Crippen LogP contribution in [0.2, 0.25) is 0 Å². The number of para-hydroxylation sites is 1. The van der Waals surface area contributed by atoms with Gasteiger partial charge in [0.2, 0.25) is 11.9 Å². The highest BCUT2D eigenvalue weighted by molar-refractivity contribution is 5.83. The summed E-state index contributed by atoms with van der Waals surface area (Å²) in [5.41, 5.74) is 2.30. The van der Waals surface area contributed by atoms with Crippen molar-refractivity contribution in [3.8, 4) is 0 Å². The summed E-state index contributed by atoms with van der Waals surface area (Å²) in [5.74, 6) is -0.151. The molecule has 4 heterocycles. The Morgan fingerprint density at radius 2 is 1.81 bits per heavy atom. The molecule has 2 aliphatic rings. The molecule has 0 saturated carbocycles. The van der Waals surface area contributed by atoms with Crippen LogP contribution < -0.4 is 16.0 Å². The first kappa shape index (κ1) is 24.6. The number of aromatic nitrogens is 3. The van der Waals surface area contributed by atoms with Crippen LogP contribution in [0.3, 0.4) is 0 Å². The van der Waals surface area contributed by atoms with Gasteiger partial charge in [0.1, 0.15) is 12.2 Å². The number of nitrogens with one attached hydrogen (secondary N) is 4. The smallest absolute Gasteiger partial charge is 0.222 e. The summed E-state index contributed by atoms with van der Waals surface area (Å²) in [4.78, 5) is 24.3. The normalized spacial score (nSPS) is 24.6. The minimum absolute atomic E-state index is 0.0485. The molecule has 2 saturated heterocycles. The van der Waals surface area contributed by atoms with Crippen molar-refractivity contribution in [1.82, 2.24) is 25.6 Å². The predicted molar refractivity (Wildman–Crippen MR) is 136 cm³/mol. The Bertz CT molecular complexity index is 1150. The number of amides is 1. The number of ether oxygens (including phenoxy) is 3. The van der Waals surface area contributed by atoms with Gasteiger partial charge in [-0.25, -0.2) is 9.97 Å². The molecule has 3 aromatic rings. The third-order valence-electron chi connectivity index (χ3n) is 6.52. The number of anilines is 1. The molecule has 36 heavy (non-hydrogen) atoms. The van der Waals surface area contributed by atoms with E-state index in [1.165, 1.54) is 10.9 Å². The highest BCUT2D eigenvalue weighted by Crippen LogP contribution is 2.39. The zero-order valence-corrected chi connectivity index (χ0v) is 20.7. The van der Waals surface area contributed by atoms with E-state index in [4.69, 9.17) is 14.2 Å². The average Bonchev–Trinajstić information content (AvgIpc) is 3.51. The highest BCUT2D eigenvalue weighted by atomic mass is 16.8. The molecule has 0 radical (unpaired) electrons. The van der Waals surface area contributed by atoms with Crippen molar-refractivity contribution in [2.24, 2.45) is 0 Å². The molecule has 0 bridgehead atoms. The Morgan fingerprint density at radius 3 is 2.64 bits per heavy atom. The summed E-state index contributed by atoms with van der Waals surface area (Å²) < 4.78 is 18.5. The van der Waals surface area contributed by atoms with Gasteiger partial charge in [-0.3, -0.25) is 4.79 Å². The molecule has 4 atom stereocenters. The van der Waals surface area contributed by atoms with Crippen molar-refractivity contribution in [3.05, 3.63) is 54.5 Å². The van der Waals surface area contributed by atoms with Crippen molar-refractivity contribution in [2.75, 3.05) is 31.5 Å². The van der Waals surface area contributed by atoms with Gasteiger partial charge in [-0.1, -0.05) is 18.2 Å². The molecule has 2 aliphatic heterocycles. The number of aromatic amines is 1. The zero-order chi connectivity index (χ0) is 25.0. The first-order valence-electron chi connectivity index (χ1n) is 12.5. The van der Waals surface area contributed by atoms with E-state index in [-0.39, 0.29) is 36.7 Å². The minimum atomic E-state index is -0.701. The lowest BCUT2D eigenvalue weighted by atomic mass is 10.1. The Morgan fingerprint density at radius 1 is 1.03 bits per heavy atom. The third kappa shape index (κ3) is 5.84. The fourth-order valence-corrected chi connectivity index (χ4v) is 4.93. The lowest BCUT2D eigenvalue weighted by Gasteiger charge is -2.24. The van der Waals surface area contributed by atoms with Crippen LogP contribution in [0.25, 0.3) is 10.9 Å². The number of hydrogen-bond acceptors (Lipinski definition) is 8. The second-order valence-electron chi connectivity index (χ2n) is 9.64. The summed E-state index contributed by atoms with van der Waals surface area (Å²) in [6, 6.07) is 9.96. The maximum atomic E-state index is 12.8. The van der Waals surface area contributed by atoms with E-state index in [1.807, 2.05) is 32.2 Å². The van der Waals surface area contributed by atoms with Gasteiger partial charge in [-0.05, 0) is 38.0 Å². The van der Waals surface area contributed by atoms with Gasteiger partial charge in [0.25, 0.3) is 0 Å². The maximum absolute atomic E-state index is 12.8. The molecular weight excluding hydrogens is 460 g/mol. The molecule has 4 N–H and O–H groups in total. The van der Waals surface area contributed by atoms with E-state index in [9.17, 15) is 4.79 Å². The summed E-state index contributed by atoms with van der Waals surface area (Å²) in [6.45, 7) is 6.34. The SMILES string of the molecule is CC1(C)O[C@@H]2[C@H](O1)[C@H](CNCCNc1ncccn1)O[C@@H]2CC(=O)NCCc1c[nH]c2ccccc12. The van der Waals surface area contributed by atoms with E-state index in [1.54, 1.807) is 18.5 Å². The number of hydrogen-bond donors (Lipinski definition) is 4. The van der Waals surface area contributed by atoms with Gasteiger partial charge in [0.05, 0.1) is 18.6 Å². The van der Waals surface area contributed by atoms with E-state index >= 15 is 0 Å². The van der Waals surface area contributed by atoms with Crippen LogP contribution in [0.1, 0.15) is 25.8 Å². The molecule has 1 aromatic carbocycles. The molecule has 0 aliphatic carbocycles. The monoisotopic (exact) mass is 494 g/mol. The van der Waals surface area contributed by atoms with Crippen molar-refractivity contribution >= 4 is 22.8 Å². The van der Waals surface area contributed by atoms with Crippen molar-refractivity contribution in [1.29, 1.82) is 0 Å². The predicted octanol–water partition coefficient (Wildman–Crippen LogP) is 2.00. The summed E-state index contributed by atoms with van der Waals surface area (Å²) in [7, 11) is 0. The van der Waals surface area contributed by atoms with Gasteiger partial charge in [0.15, 0.2) is 5.79 Å². The molecule has 10 heteroatoms. The Hall–Kier alpha value is -3.05. The molecule has 2 fully saturated rings. The van der Waals surface area contributed by atoms with Gasteiger partial charge in [-0.2, -0.15) is 0 Å². The Kier molecular flexibility index (Phi) is 7.47. The molecule has 1 amide bonds. The molecule has 2 aromatic heterocycles. The standard InChI is InChI=1S/C26H34N6O4/c1-26(2)35-23-20(14-22(33)28-11-8-17-15-32-19-7-4-3-6-18(17)19)34-21(24(23)36-26)16-27-12-13-31-25-29-9-5-10-30-25/h3-7,9-10,15,20-21,23-24,27,32H,8,11-14,16H2,1-2H3,(H,28,33)(H,29,30,31)/t20-,21+,23+,24-/m1/s1. The number of carbonyl (C=O) groups is 1. The first-order chi connectivity index (χ1) is 17.5. The van der Waals surface area contributed by atoms with Crippen LogP contribution >= 0.6 is 0 Å². The highest BCUT2D eigenvalue weighted by Gasteiger charge is 2.55. The van der Waals surface area contributed by atoms with Crippen LogP contribution in [-0.4, -0.2) is 77.2 Å². The van der Waals surface area contributed by atoms with Gasteiger partial charge in [-0.15, -0.1) is 0 Å². The van der Waals surface area contributed by atoms with E-state index < -0.39 is 5.79 Å². The maximum Gasteiger partial charge on any atom is 0.222 e. The van der Waals surface area contributed by atoms with Crippen molar-refractivity contribution in [3.63, 3.8) is 0 Å². The summed E-state index contributed by atoms with van der Waals surface area (Å²) in [6.07, 6.45) is 5.35. The molecular formula is C26H34N6O4. The zero-order valence-electron chi connectivity index (χ0n) is 20.7. The van der Waals surface area contributed by atoms with Crippen LogP contribution in [0.15, 0.2) is 48.9 Å². The molecule has 5 rings (SSSR count). The van der Waals surface area contributed by atoms with Gasteiger partial charge in [0, 0.05) is 55.7 Å².